The lowest BCUT2D eigenvalue weighted by Gasteiger charge is -2.11. The van der Waals surface area contributed by atoms with Crippen LogP contribution in [0.5, 0.6) is 5.75 Å². The van der Waals surface area contributed by atoms with Crippen molar-refractivity contribution in [1.29, 1.82) is 0 Å². The SMILES string of the molecule is Cc1cccc(COc2ccc(Br)cc2/C=C2/SC(=S)N(CC(=O)O)C2=O)c1. The van der Waals surface area contributed by atoms with Crippen molar-refractivity contribution in [2.75, 3.05) is 6.54 Å². The van der Waals surface area contributed by atoms with Gasteiger partial charge in [-0.2, -0.15) is 0 Å². The smallest absolute Gasteiger partial charge is 0.323 e. The molecule has 0 atom stereocenters. The molecular formula is C20H16BrNO4S2. The Balaban J connectivity index is 1.84. The zero-order valence-corrected chi connectivity index (χ0v) is 18.1. The number of amides is 1. The third-order valence-corrected chi connectivity index (χ3v) is 5.77. The topological polar surface area (TPSA) is 66.8 Å². The van der Waals surface area contributed by atoms with E-state index in [0.29, 0.717) is 22.8 Å². The Morgan fingerprint density at radius 1 is 1.32 bits per heavy atom. The molecule has 0 spiro atoms. The number of hydrogen-bond donors (Lipinski definition) is 1. The molecule has 2 aromatic rings. The summed E-state index contributed by atoms with van der Waals surface area (Å²) in [7, 11) is 0. The number of carbonyl (C=O) groups excluding carboxylic acids is 1. The van der Waals surface area contributed by atoms with Crippen LogP contribution < -0.4 is 4.74 Å². The minimum Gasteiger partial charge on any atom is -0.488 e. The Kier molecular flexibility index (Phi) is 6.53. The maximum Gasteiger partial charge on any atom is 0.323 e. The monoisotopic (exact) mass is 477 g/mol. The van der Waals surface area contributed by atoms with E-state index in [1.807, 2.05) is 43.3 Å². The second-order valence-corrected chi connectivity index (χ2v) is 8.71. The number of thioether (sulfide) groups is 1. The maximum absolute atomic E-state index is 12.5. The average Bonchev–Trinajstić information content (AvgIpc) is 2.88. The summed E-state index contributed by atoms with van der Waals surface area (Å²) in [6.07, 6.45) is 1.68. The lowest BCUT2D eigenvalue weighted by Crippen LogP contribution is -2.33. The van der Waals surface area contributed by atoms with Gasteiger partial charge in [0.25, 0.3) is 5.91 Å². The Morgan fingerprint density at radius 2 is 2.11 bits per heavy atom. The number of aliphatic carboxylic acids is 1. The zero-order valence-electron chi connectivity index (χ0n) is 14.8. The van der Waals surface area contributed by atoms with E-state index in [1.165, 1.54) is 0 Å². The largest absolute Gasteiger partial charge is 0.488 e. The van der Waals surface area contributed by atoms with Crippen molar-refractivity contribution in [2.24, 2.45) is 0 Å². The zero-order chi connectivity index (χ0) is 20.3. The van der Waals surface area contributed by atoms with Gasteiger partial charge in [-0.3, -0.25) is 14.5 Å². The lowest BCUT2D eigenvalue weighted by atomic mass is 10.1. The Morgan fingerprint density at radius 3 is 2.82 bits per heavy atom. The van der Waals surface area contributed by atoms with Gasteiger partial charge in [-0.1, -0.05) is 69.7 Å². The Hall–Kier alpha value is -2.16. The van der Waals surface area contributed by atoms with Gasteiger partial charge in [0.1, 0.15) is 23.2 Å². The van der Waals surface area contributed by atoms with Gasteiger partial charge >= 0.3 is 5.97 Å². The minimum atomic E-state index is -1.11. The second kappa shape index (κ2) is 8.89. The molecule has 0 saturated carbocycles. The molecule has 1 amide bonds. The molecule has 1 fully saturated rings. The van der Waals surface area contributed by atoms with Crippen LogP contribution in [-0.4, -0.2) is 32.7 Å². The van der Waals surface area contributed by atoms with E-state index in [4.69, 9.17) is 22.1 Å². The number of benzene rings is 2. The standard InChI is InChI=1S/C20H16BrNO4S2/c1-12-3-2-4-13(7-12)11-26-16-6-5-15(21)8-14(16)9-17-19(25)22(10-18(23)24)20(27)28-17/h2-9H,10-11H2,1H3,(H,23,24)/b17-9+. The summed E-state index contributed by atoms with van der Waals surface area (Å²) in [5.41, 5.74) is 2.90. The number of halogens is 1. The number of nitrogens with zero attached hydrogens (tertiary/aromatic N) is 1. The molecule has 1 N–H and O–H groups in total. The Bertz CT molecular complexity index is 990. The third kappa shape index (κ3) is 5.01. The van der Waals surface area contributed by atoms with Crippen LogP contribution in [0.2, 0.25) is 0 Å². The molecule has 0 unspecified atom stereocenters. The molecule has 1 saturated heterocycles. The minimum absolute atomic E-state index is 0.232. The fourth-order valence-corrected chi connectivity index (χ4v) is 4.26. The average molecular weight is 478 g/mol. The number of hydrogen-bond acceptors (Lipinski definition) is 5. The molecule has 0 bridgehead atoms. The van der Waals surface area contributed by atoms with Crippen molar-refractivity contribution in [2.45, 2.75) is 13.5 Å². The molecule has 28 heavy (non-hydrogen) atoms. The van der Waals surface area contributed by atoms with Gasteiger partial charge in [-0.05, 0) is 36.8 Å². The Labute approximate surface area is 180 Å². The molecule has 3 rings (SSSR count). The van der Waals surface area contributed by atoms with Gasteiger partial charge in [0.2, 0.25) is 0 Å². The van der Waals surface area contributed by atoms with Gasteiger partial charge in [0.05, 0.1) is 4.91 Å². The number of thiocarbonyl (C=S) groups is 1. The molecule has 2 aromatic carbocycles. The van der Waals surface area contributed by atoms with Crippen LogP contribution in [0.1, 0.15) is 16.7 Å². The van der Waals surface area contributed by atoms with E-state index in [1.54, 1.807) is 6.08 Å². The fourth-order valence-electron chi connectivity index (χ4n) is 2.64. The summed E-state index contributed by atoms with van der Waals surface area (Å²) >= 11 is 9.66. The van der Waals surface area contributed by atoms with E-state index in [9.17, 15) is 9.59 Å². The number of aryl methyl sites for hydroxylation is 1. The van der Waals surface area contributed by atoms with Crippen molar-refractivity contribution in [3.8, 4) is 5.75 Å². The summed E-state index contributed by atoms with van der Waals surface area (Å²) in [5.74, 6) is -0.905. The molecular weight excluding hydrogens is 462 g/mol. The first-order chi connectivity index (χ1) is 13.3. The number of carboxylic acid groups (broad SMARTS) is 1. The van der Waals surface area contributed by atoms with Crippen LogP contribution >= 0.6 is 39.9 Å². The van der Waals surface area contributed by atoms with Gasteiger partial charge < -0.3 is 9.84 Å². The van der Waals surface area contributed by atoms with Crippen molar-refractivity contribution in [3.63, 3.8) is 0 Å². The summed E-state index contributed by atoms with van der Waals surface area (Å²) in [5, 5.41) is 8.96. The number of ether oxygens (including phenoxy) is 1. The summed E-state index contributed by atoms with van der Waals surface area (Å²) < 4.78 is 7.04. The number of rotatable bonds is 6. The lowest BCUT2D eigenvalue weighted by molar-refractivity contribution is -0.140. The molecule has 1 heterocycles. The van der Waals surface area contributed by atoms with Gasteiger partial charge in [0.15, 0.2) is 0 Å². The highest BCUT2D eigenvalue weighted by Crippen LogP contribution is 2.35. The van der Waals surface area contributed by atoms with Crippen LogP contribution in [0, 0.1) is 6.92 Å². The predicted octanol–water partition coefficient (Wildman–Crippen LogP) is 4.62. The molecule has 0 aliphatic carbocycles. The van der Waals surface area contributed by atoms with Gasteiger partial charge in [-0.15, -0.1) is 0 Å². The molecule has 8 heteroatoms. The fraction of sp³-hybridized carbons (Fsp3) is 0.150. The first-order valence-electron chi connectivity index (χ1n) is 8.28. The van der Waals surface area contributed by atoms with Crippen LogP contribution in [0.25, 0.3) is 6.08 Å². The molecule has 5 nitrogen and oxygen atoms in total. The highest BCUT2D eigenvalue weighted by molar-refractivity contribution is 9.10. The third-order valence-electron chi connectivity index (χ3n) is 3.90. The van der Waals surface area contributed by atoms with Crippen LogP contribution in [0.4, 0.5) is 0 Å². The second-order valence-electron chi connectivity index (χ2n) is 6.12. The van der Waals surface area contributed by atoms with Crippen molar-refractivity contribution in [1.82, 2.24) is 4.90 Å². The number of carbonyl (C=O) groups is 2. The molecule has 1 aliphatic heterocycles. The van der Waals surface area contributed by atoms with E-state index in [2.05, 4.69) is 22.0 Å². The summed E-state index contributed by atoms with van der Waals surface area (Å²) in [6, 6.07) is 13.6. The normalized spacial score (nSPS) is 15.4. The van der Waals surface area contributed by atoms with Gasteiger partial charge in [-0.25, -0.2) is 0 Å². The first-order valence-corrected chi connectivity index (χ1v) is 10.3. The van der Waals surface area contributed by atoms with Crippen LogP contribution in [-0.2, 0) is 16.2 Å². The number of carboxylic acids is 1. The van der Waals surface area contributed by atoms with Crippen molar-refractivity contribution < 1.29 is 19.4 Å². The first kappa shape index (κ1) is 20.6. The van der Waals surface area contributed by atoms with Crippen LogP contribution in [0.15, 0.2) is 51.8 Å². The van der Waals surface area contributed by atoms with Crippen molar-refractivity contribution in [3.05, 3.63) is 68.5 Å². The highest BCUT2D eigenvalue weighted by Gasteiger charge is 2.33. The van der Waals surface area contributed by atoms with Crippen molar-refractivity contribution >= 4 is 62.2 Å². The molecule has 0 radical (unpaired) electrons. The molecule has 1 aliphatic rings. The van der Waals surface area contributed by atoms with E-state index < -0.39 is 18.4 Å². The quantitative estimate of drug-likeness (QED) is 0.483. The maximum atomic E-state index is 12.5. The molecule has 144 valence electrons. The van der Waals surface area contributed by atoms with Gasteiger partial charge in [0, 0.05) is 10.0 Å². The summed E-state index contributed by atoms with van der Waals surface area (Å²) in [4.78, 5) is 24.9. The van der Waals surface area contributed by atoms with Crippen LogP contribution in [0.3, 0.4) is 0 Å². The van der Waals surface area contributed by atoms with E-state index in [0.717, 1.165) is 32.3 Å². The highest BCUT2D eigenvalue weighted by atomic mass is 79.9. The molecule has 0 aromatic heterocycles. The summed E-state index contributed by atoms with van der Waals surface area (Å²) in [6.45, 7) is 1.97. The van der Waals surface area contributed by atoms with E-state index in [-0.39, 0.29) is 4.32 Å². The van der Waals surface area contributed by atoms with E-state index >= 15 is 0 Å². The predicted molar refractivity (Wildman–Crippen MR) is 117 cm³/mol.